The second-order valence-corrected chi connectivity index (χ2v) is 4.95. The van der Waals surface area contributed by atoms with Crippen molar-refractivity contribution in [2.24, 2.45) is 5.73 Å². The summed E-state index contributed by atoms with van der Waals surface area (Å²) in [5, 5.41) is 12.9. The van der Waals surface area contributed by atoms with E-state index in [4.69, 9.17) is 5.73 Å². The van der Waals surface area contributed by atoms with Crippen LogP contribution in [0, 0.1) is 0 Å². The molecule has 17 heavy (non-hydrogen) atoms. The fourth-order valence-corrected chi connectivity index (χ4v) is 2.01. The highest BCUT2D eigenvalue weighted by Gasteiger charge is 2.19. The predicted molar refractivity (Wildman–Crippen MR) is 70.3 cm³/mol. The molecule has 1 amide bonds. The lowest BCUT2D eigenvalue weighted by Crippen LogP contribution is -2.36. The number of primary amides is 1. The van der Waals surface area contributed by atoms with Crippen molar-refractivity contribution in [3.63, 3.8) is 0 Å². The summed E-state index contributed by atoms with van der Waals surface area (Å²) in [7, 11) is 0. The zero-order chi connectivity index (χ0) is 12.9. The van der Waals surface area contributed by atoms with Gasteiger partial charge in [-0.1, -0.05) is 0 Å². The van der Waals surface area contributed by atoms with Crippen LogP contribution in [0.15, 0.2) is 18.3 Å². The maximum Gasteiger partial charge on any atom is 0.250 e. The number of aliphatic hydroxyl groups is 1. The minimum Gasteiger partial charge on any atom is -0.387 e. The maximum absolute atomic E-state index is 10.8. The predicted octanol–water partition coefficient (Wildman–Crippen LogP) is 0.706. The van der Waals surface area contributed by atoms with Gasteiger partial charge in [-0.2, -0.15) is 11.8 Å². The van der Waals surface area contributed by atoms with Gasteiger partial charge < -0.3 is 16.2 Å². The van der Waals surface area contributed by atoms with Crippen LogP contribution < -0.4 is 11.1 Å². The number of carbonyl (C=O) groups excluding carboxylic acids is 1. The molecule has 1 aromatic rings. The zero-order valence-electron chi connectivity index (χ0n) is 9.93. The summed E-state index contributed by atoms with van der Waals surface area (Å²) in [6.45, 7) is 2.16. The number of amides is 1. The molecule has 1 aromatic heterocycles. The highest BCUT2D eigenvalue weighted by atomic mass is 32.2. The van der Waals surface area contributed by atoms with Gasteiger partial charge in [-0.25, -0.2) is 4.98 Å². The molecule has 1 unspecified atom stereocenters. The Morgan fingerprint density at radius 2 is 2.35 bits per heavy atom. The van der Waals surface area contributed by atoms with E-state index in [1.54, 1.807) is 30.8 Å². The number of aromatic nitrogens is 1. The molecule has 0 aliphatic heterocycles. The topological polar surface area (TPSA) is 88.2 Å². The lowest BCUT2D eigenvalue weighted by atomic mass is 10.1. The lowest BCUT2D eigenvalue weighted by molar-refractivity contribution is 0.0988. The molecule has 0 aliphatic carbocycles. The van der Waals surface area contributed by atoms with Gasteiger partial charge in [0, 0.05) is 18.5 Å². The number of carbonyl (C=O) groups is 1. The first kappa shape index (κ1) is 13.8. The SMILES string of the molecule is CSCC(C)(O)CNc1ccc(C(N)=O)cn1. The quantitative estimate of drug-likeness (QED) is 0.696. The van der Waals surface area contributed by atoms with Gasteiger partial charge in [-0.05, 0) is 25.3 Å². The Balaban J connectivity index is 2.55. The van der Waals surface area contributed by atoms with Gasteiger partial charge in [0.25, 0.3) is 0 Å². The van der Waals surface area contributed by atoms with E-state index < -0.39 is 11.5 Å². The molecular weight excluding hydrogens is 238 g/mol. The highest BCUT2D eigenvalue weighted by Crippen LogP contribution is 2.12. The Bertz CT molecular complexity index is 379. The van der Waals surface area contributed by atoms with Crippen LogP contribution in [-0.4, -0.2) is 40.2 Å². The summed E-state index contributed by atoms with van der Waals surface area (Å²) in [6.07, 6.45) is 3.35. The zero-order valence-corrected chi connectivity index (χ0v) is 10.8. The third kappa shape index (κ3) is 4.62. The molecule has 1 rings (SSSR count). The molecule has 1 heterocycles. The molecule has 6 heteroatoms. The minimum absolute atomic E-state index is 0.367. The van der Waals surface area contributed by atoms with Crippen molar-refractivity contribution in [1.29, 1.82) is 0 Å². The number of rotatable bonds is 6. The number of hydrogen-bond donors (Lipinski definition) is 3. The number of pyridine rings is 1. The van der Waals surface area contributed by atoms with E-state index in [1.807, 2.05) is 6.26 Å². The van der Waals surface area contributed by atoms with Crippen LogP contribution in [0.5, 0.6) is 0 Å². The van der Waals surface area contributed by atoms with Crippen LogP contribution in [0.25, 0.3) is 0 Å². The molecule has 1 atom stereocenters. The van der Waals surface area contributed by atoms with Crippen LogP contribution in [0.2, 0.25) is 0 Å². The molecule has 4 N–H and O–H groups in total. The first-order valence-electron chi connectivity index (χ1n) is 5.16. The number of nitrogens with zero attached hydrogens (tertiary/aromatic N) is 1. The number of nitrogens with two attached hydrogens (primary N) is 1. The van der Waals surface area contributed by atoms with Crippen molar-refractivity contribution in [1.82, 2.24) is 4.98 Å². The van der Waals surface area contributed by atoms with E-state index in [1.165, 1.54) is 6.20 Å². The Hall–Kier alpha value is -1.27. The molecule has 0 aliphatic rings. The molecule has 0 aromatic carbocycles. The van der Waals surface area contributed by atoms with E-state index in [9.17, 15) is 9.90 Å². The van der Waals surface area contributed by atoms with Crippen LogP contribution in [0.3, 0.4) is 0 Å². The van der Waals surface area contributed by atoms with Gasteiger partial charge >= 0.3 is 0 Å². The van der Waals surface area contributed by atoms with Crippen molar-refractivity contribution in [2.75, 3.05) is 23.9 Å². The number of thioether (sulfide) groups is 1. The molecule has 94 valence electrons. The summed E-state index contributed by atoms with van der Waals surface area (Å²) < 4.78 is 0. The Morgan fingerprint density at radius 3 is 2.82 bits per heavy atom. The largest absolute Gasteiger partial charge is 0.387 e. The molecule has 0 saturated heterocycles. The third-order valence-corrected chi connectivity index (χ3v) is 3.06. The molecule has 0 saturated carbocycles. The molecular formula is C11H17N3O2S. The fourth-order valence-electron chi connectivity index (χ4n) is 1.29. The Labute approximate surface area is 105 Å². The van der Waals surface area contributed by atoms with Gasteiger partial charge in [0.15, 0.2) is 0 Å². The number of hydrogen-bond acceptors (Lipinski definition) is 5. The van der Waals surface area contributed by atoms with Gasteiger partial charge in [0.1, 0.15) is 5.82 Å². The standard InChI is InChI=1S/C11H17N3O2S/c1-11(16,7-17-2)6-14-9-4-3-8(5-13-9)10(12)15/h3-5,16H,6-7H2,1-2H3,(H2,12,15)(H,13,14). The van der Waals surface area contributed by atoms with Crippen LogP contribution in [-0.2, 0) is 0 Å². The van der Waals surface area contributed by atoms with Crippen LogP contribution in [0.4, 0.5) is 5.82 Å². The smallest absolute Gasteiger partial charge is 0.250 e. The first-order chi connectivity index (χ1) is 7.94. The Morgan fingerprint density at radius 1 is 1.65 bits per heavy atom. The summed E-state index contributed by atoms with van der Waals surface area (Å²) >= 11 is 1.58. The van der Waals surface area contributed by atoms with E-state index in [0.29, 0.717) is 23.7 Å². The average molecular weight is 255 g/mol. The third-order valence-electron chi connectivity index (χ3n) is 2.15. The molecule has 0 bridgehead atoms. The molecule has 0 radical (unpaired) electrons. The number of nitrogens with one attached hydrogen (secondary N) is 1. The van der Waals surface area contributed by atoms with E-state index in [-0.39, 0.29) is 0 Å². The van der Waals surface area contributed by atoms with Crippen molar-refractivity contribution in [3.8, 4) is 0 Å². The van der Waals surface area contributed by atoms with Crippen molar-refractivity contribution in [2.45, 2.75) is 12.5 Å². The highest BCUT2D eigenvalue weighted by molar-refractivity contribution is 7.98. The monoisotopic (exact) mass is 255 g/mol. The number of anilines is 1. The van der Waals surface area contributed by atoms with Gasteiger partial charge in [0.05, 0.1) is 11.2 Å². The average Bonchev–Trinajstić information content (AvgIpc) is 2.27. The van der Waals surface area contributed by atoms with E-state index >= 15 is 0 Å². The molecule has 0 spiro atoms. The van der Waals surface area contributed by atoms with E-state index in [0.717, 1.165) is 0 Å². The van der Waals surface area contributed by atoms with Crippen molar-refractivity contribution < 1.29 is 9.90 Å². The normalized spacial score (nSPS) is 14.1. The molecule has 0 fully saturated rings. The summed E-state index contributed by atoms with van der Waals surface area (Å²) in [4.78, 5) is 14.9. The first-order valence-corrected chi connectivity index (χ1v) is 6.55. The lowest BCUT2D eigenvalue weighted by Gasteiger charge is -2.22. The fraction of sp³-hybridized carbons (Fsp3) is 0.455. The summed E-state index contributed by atoms with van der Waals surface area (Å²) in [5.74, 6) is 0.745. The minimum atomic E-state index is -0.788. The van der Waals surface area contributed by atoms with Gasteiger partial charge in [-0.15, -0.1) is 0 Å². The van der Waals surface area contributed by atoms with Gasteiger partial charge in [-0.3, -0.25) is 4.79 Å². The second-order valence-electron chi connectivity index (χ2n) is 4.08. The van der Waals surface area contributed by atoms with Crippen molar-refractivity contribution >= 4 is 23.5 Å². The maximum atomic E-state index is 10.8. The summed E-state index contributed by atoms with van der Waals surface area (Å²) in [6, 6.07) is 3.26. The van der Waals surface area contributed by atoms with Crippen molar-refractivity contribution in [3.05, 3.63) is 23.9 Å². The van der Waals surface area contributed by atoms with E-state index in [2.05, 4.69) is 10.3 Å². The second kappa shape index (κ2) is 5.88. The van der Waals surface area contributed by atoms with Crippen LogP contribution >= 0.6 is 11.8 Å². The summed E-state index contributed by atoms with van der Waals surface area (Å²) in [5.41, 5.74) is 4.68. The molecule has 5 nitrogen and oxygen atoms in total. The Kier molecular flexibility index (Phi) is 4.77. The van der Waals surface area contributed by atoms with Gasteiger partial charge in [0.2, 0.25) is 5.91 Å². The van der Waals surface area contributed by atoms with Crippen LogP contribution in [0.1, 0.15) is 17.3 Å².